The number of benzene rings is 1. The first kappa shape index (κ1) is 14.3. The van der Waals surface area contributed by atoms with Crippen LogP contribution in [0.3, 0.4) is 0 Å². The molecule has 0 spiro atoms. The fourth-order valence-electron chi connectivity index (χ4n) is 1.60. The molecule has 0 aliphatic rings. The Balaban J connectivity index is 2.95. The summed E-state index contributed by atoms with van der Waals surface area (Å²) in [7, 11) is -3.10. The Morgan fingerprint density at radius 3 is 2.18 bits per heavy atom. The molecular weight excluding hydrogens is 258 g/mol. The van der Waals surface area contributed by atoms with Crippen LogP contribution < -0.4 is 4.90 Å². The van der Waals surface area contributed by atoms with E-state index in [1.54, 1.807) is 19.1 Å². The molecule has 0 saturated carbocycles. The zero-order valence-corrected chi connectivity index (χ0v) is 11.8. The van der Waals surface area contributed by atoms with Gasteiger partial charge in [-0.05, 0) is 31.2 Å². The summed E-state index contributed by atoms with van der Waals surface area (Å²) in [5.74, 6) is 0.689. The van der Waals surface area contributed by atoms with E-state index >= 15 is 0 Å². The van der Waals surface area contributed by atoms with Crippen molar-refractivity contribution in [3.05, 3.63) is 24.3 Å². The minimum atomic E-state index is -3.10. The van der Waals surface area contributed by atoms with Crippen LogP contribution in [0.25, 0.3) is 0 Å². The topological polar surface area (TPSA) is 37.4 Å². The Morgan fingerprint density at radius 2 is 1.76 bits per heavy atom. The molecule has 1 aromatic rings. The molecule has 0 atom stereocenters. The average molecular weight is 276 g/mol. The van der Waals surface area contributed by atoms with Crippen LogP contribution in [0.4, 0.5) is 5.69 Å². The van der Waals surface area contributed by atoms with E-state index in [1.165, 1.54) is 0 Å². The molecule has 0 unspecified atom stereocenters. The Hall–Kier alpha value is -0.740. The third-order valence-corrected chi connectivity index (χ3v) is 4.60. The highest BCUT2D eigenvalue weighted by Gasteiger charge is 2.11. The summed E-state index contributed by atoms with van der Waals surface area (Å²) in [6, 6.07) is 6.98. The van der Waals surface area contributed by atoms with Gasteiger partial charge in [0.1, 0.15) is 0 Å². The van der Waals surface area contributed by atoms with Crippen LogP contribution in [0.1, 0.15) is 13.8 Å². The molecule has 0 aromatic heterocycles. The van der Waals surface area contributed by atoms with Crippen LogP contribution >= 0.6 is 11.6 Å². The molecule has 0 radical (unpaired) electrons. The van der Waals surface area contributed by atoms with Crippen LogP contribution in [-0.2, 0) is 9.84 Å². The molecule has 1 aromatic carbocycles. The average Bonchev–Trinajstić information content (AvgIpc) is 2.36. The fraction of sp³-hybridized carbons (Fsp3) is 0.500. The van der Waals surface area contributed by atoms with Gasteiger partial charge in [0.15, 0.2) is 9.84 Å². The molecule has 0 fully saturated rings. The minimum Gasteiger partial charge on any atom is -0.371 e. The first-order valence-electron chi connectivity index (χ1n) is 5.69. The number of rotatable bonds is 6. The third kappa shape index (κ3) is 3.61. The molecule has 0 bridgehead atoms. The molecule has 0 aliphatic heterocycles. The van der Waals surface area contributed by atoms with E-state index < -0.39 is 9.84 Å². The van der Waals surface area contributed by atoms with Crippen molar-refractivity contribution in [1.82, 2.24) is 0 Å². The largest absolute Gasteiger partial charge is 0.371 e. The van der Waals surface area contributed by atoms with Gasteiger partial charge in [-0.15, -0.1) is 11.6 Å². The number of nitrogens with zero attached hydrogens (tertiary/aromatic N) is 1. The van der Waals surface area contributed by atoms with Crippen LogP contribution in [0.5, 0.6) is 0 Å². The summed E-state index contributed by atoms with van der Waals surface area (Å²) in [4.78, 5) is 2.49. The lowest BCUT2D eigenvalue weighted by Crippen LogP contribution is -2.24. The summed E-state index contributed by atoms with van der Waals surface area (Å²) in [5.41, 5.74) is 1.00. The Morgan fingerprint density at radius 1 is 1.18 bits per heavy atom. The first-order chi connectivity index (χ1) is 8.05. The quantitative estimate of drug-likeness (QED) is 0.749. The molecule has 0 aliphatic carbocycles. The van der Waals surface area contributed by atoms with Gasteiger partial charge in [0.05, 0.1) is 10.6 Å². The number of sulfone groups is 1. The monoisotopic (exact) mass is 275 g/mol. The second-order valence-corrected chi connectivity index (χ2v) is 6.32. The molecule has 17 heavy (non-hydrogen) atoms. The summed E-state index contributed by atoms with van der Waals surface area (Å²) in [5, 5.41) is 0. The molecule has 3 nitrogen and oxygen atoms in total. The SMILES string of the molecule is CCN(CCCl)c1ccc(S(=O)(=O)CC)cc1. The van der Waals surface area contributed by atoms with E-state index in [4.69, 9.17) is 11.6 Å². The summed E-state index contributed by atoms with van der Waals surface area (Å²) in [6.45, 7) is 5.31. The van der Waals surface area contributed by atoms with Gasteiger partial charge in [0, 0.05) is 24.7 Å². The molecule has 0 saturated heterocycles. The summed E-state index contributed by atoms with van der Waals surface area (Å²) < 4.78 is 23.3. The fourth-order valence-corrected chi connectivity index (χ4v) is 2.69. The van der Waals surface area contributed by atoms with Crippen molar-refractivity contribution < 1.29 is 8.42 Å². The predicted molar refractivity (Wildman–Crippen MR) is 72.8 cm³/mol. The van der Waals surface area contributed by atoms with E-state index in [9.17, 15) is 8.42 Å². The van der Waals surface area contributed by atoms with Gasteiger partial charge in [-0.2, -0.15) is 0 Å². The Labute approximate surface area is 108 Å². The lowest BCUT2D eigenvalue weighted by atomic mass is 10.3. The van der Waals surface area contributed by atoms with Crippen LogP contribution in [-0.4, -0.2) is 33.1 Å². The molecule has 0 N–H and O–H groups in total. The summed E-state index contributed by atoms with van der Waals surface area (Å²) in [6.07, 6.45) is 0. The third-order valence-electron chi connectivity index (χ3n) is 2.68. The highest BCUT2D eigenvalue weighted by atomic mass is 35.5. The van der Waals surface area contributed by atoms with Crippen molar-refractivity contribution in [3.63, 3.8) is 0 Å². The van der Waals surface area contributed by atoms with Gasteiger partial charge >= 0.3 is 0 Å². The second kappa shape index (κ2) is 6.26. The smallest absolute Gasteiger partial charge is 0.178 e. The van der Waals surface area contributed by atoms with Gasteiger partial charge in [-0.1, -0.05) is 6.92 Å². The zero-order chi connectivity index (χ0) is 12.9. The van der Waals surface area contributed by atoms with E-state index in [-0.39, 0.29) is 5.75 Å². The zero-order valence-electron chi connectivity index (χ0n) is 10.2. The van der Waals surface area contributed by atoms with Crippen molar-refractivity contribution in [2.24, 2.45) is 0 Å². The number of anilines is 1. The molecular formula is C12H18ClNO2S. The Bertz CT molecular complexity index is 442. The van der Waals surface area contributed by atoms with E-state index in [0.717, 1.165) is 18.8 Å². The van der Waals surface area contributed by atoms with Crippen molar-refractivity contribution in [1.29, 1.82) is 0 Å². The number of hydrogen-bond donors (Lipinski definition) is 0. The highest BCUT2D eigenvalue weighted by Crippen LogP contribution is 2.18. The lowest BCUT2D eigenvalue weighted by molar-refractivity contribution is 0.597. The van der Waals surface area contributed by atoms with Gasteiger partial charge in [-0.25, -0.2) is 8.42 Å². The number of halogens is 1. The maximum atomic E-state index is 11.6. The van der Waals surface area contributed by atoms with Crippen molar-refractivity contribution in [2.45, 2.75) is 18.7 Å². The molecule has 0 heterocycles. The van der Waals surface area contributed by atoms with Gasteiger partial charge in [-0.3, -0.25) is 0 Å². The molecule has 5 heteroatoms. The normalized spacial score (nSPS) is 11.5. The molecule has 0 amide bonds. The maximum Gasteiger partial charge on any atom is 0.178 e. The maximum absolute atomic E-state index is 11.6. The first-order valence-corrected chi connectivity index (χ1v) is 7.87. The molecule has 96 valence electrons. The number of alkyl halides is 1. The van der Waals surface area contributed by atoms with Crippen molar-refractivity contribution >= 4 is 27.1 Å². The van der Waals surface area contributed by atoms with Gasteiger partial charge in [0.2, 0.25) is 0 Å². The predicted octanol–water partition coefficient (Wildman–Crippen LogP) is 2.55. The van der Waals surface area contributed by atoms with Crippen LogP contribution in [0.2, 0.25) is 0 Å². The molecule has 1 rings (SSSR count). The van der Waals surface area contributed by atoms with Crippen molar-refractivity contribution in [3.8, 4) is 0 Å². The highest BCUT2D eigenvalue weighted by molar-refractivity contribution is 7.91. The van der Waals surface area contributed by atoms with E-state index in [0.29, 0.717) is 10.8 Å². The minimum absolute atomic E-state index is 0.130. The number of hydrogen-bond acceptors (Lipinski definition) is 3. The van der Waals surface area contributed by atoms with E-state index in [2.05, 4.69) is 4.90 Å². The second-order valence-electron chi connectivity index (χ2n) is 3.67. The lowest BCUT2D eigenvalue weighted by Gasteiger charge is -2.22. The van der Waals surface area contributed by atoms with Gasteiger partial charge in [0.25, 0.3) is 0 Å². The van der Waals surface area contributed by atoms with Gasteiger partial charge < -0.3 is 4.90 Å². The van der Waals surface area contributed by atoms with E-state index in [1.807, 2.05) is 19.1 Å². The van der Waals surface area contributed by atoms with Crippen molar-refractivity contribution in [2.75, 3.05) is 29.6 Å². The van der Waals surface area contributed by atoms with Crippen LogP contribution in [0, 0.1) is 0 Å². The van der Waals surface area contributed by atoms with Crippen LogP contribution in [0.15, 0.2) is 29.2 Å². The summed E-state index contributed by atoms with van der Waals surface area (Å²) >= 11 is 5.71. The standard InChI is InChI=1S/C12H18ClNO2S/c1-3-14(10-9-13)11-5-7-12(8-6-11)17(15,16)4-2/h5-8H,3-4,9-10H2,1-2H3. The Kier molecular flexibility index (Phi) is 5.28.